The third kappa shape index (κ3) is 15.2. The Morgan fingerprint density at radius 3 is 1.95 bits per heavy atom. The van der Waals surface area contributed by atoms with Crippen LogP contribution in [0.1, 0.15) is 77.6 Å². The third-order valence-corrected chi connectivity index (χ3v) is 3.84. The molecule has 2 nitrogen and oxygen atoms in total. The second-order valence-corrected chi connectivity index (χ2v) is 6.11. The van der Waals surface area contributed by atoms with Gasteiger partial charge in [0.1, 0.15) is 0 Å². The summed E-state index contributed by atoms with van der Waals surface area (Å²) in [6, 6.07) is 0. The van der Waals surface area contributed by atoms with Crippen LogP contribution in [-0.2, 0) is 0 Å². The smallest absolute Gasteiger partial charge is 0.0143 e. The topological polar surface area (TPSA) is 24.1 Å². The van der Waals surface area contributed by atoms with Gasteiger partial charge in [0.2, 0.25) is 0 Å². The normalized spacial score (nSPS) is 10.2. The van der Waals surface area contributed by atoms with Crippen molar-refractivity contribution >= 4 is 0 Å². The van der Waals surface area contributed by atoms with E-state index in [1.54, 1.807) is 0 Å². The van der Waals surface area contributed by atoms with Gasteiger partial charge < -0.3 is 10.6 Å². The van der Waals surface area contributed by atoms with Gasteiger partial charge in [-0.1, -0.05) is 58.3 Å². The molecule has 22 heavy (non-hydrogen) atoms. The van der Waals surface area contributed by atoms with Crippen LogP contribution in [0.25, 0.3) is 0 Å². The molecule has 0 amide bonds. The van der Waals surface area contributed by atoms with Gasteiger partial charge in [0.05, 0.1) is 0 Å². The van der Waals surface area contributed by atoms with E-state index in [0.717, 1.165) is 38.0 Å². The zero-order valence-electron chi connectivity index (χ0n) is 14.9. The maximum atomic E-state index is 4.12. The molecule has 0 saturated heterocycles. The molecular weight excluding hydrogens is 268 g/mol. The second kappa shape index (κ2) is 16.2. The number of allylic oxidation sites excluding steroid dienone is 3. The monoisotopic (exact) mass is 306 g/mol. The van der Waals surface area contributed by atoms with E-state index in [1.165, 1.54) is 57.1 Å². The Morgan fingerprint density at radius 1 is 0.773 bits per heavy atom. The quantitative estimate of drug-likeness (QED) is 0.266. The highest BCUT2D eigenvalue weighted by molar-refractivity contribution is 4.93. The van der Waals surface area contributed by atoms with Gasteiger partial charge in [-0.25, -0.2) is 0 Å². The molecule has 0 aliphatic carbocycles. The molecule has 0 aromatic carbocycles. The lowest BCUT2D eigenvalue weighted by atomic mass is 10.1. The molecule has 0 atom stereocenters. The van der Waals surface area contributed by atoms with Crippen molar-refractivity contribution in [1.29, 1.82) is 0 Å². The van der Waals surface area contributed by atoms with Gasteiger partial charge in [-0.3, -0.25) is 0 Å². The van der Waals surface area contributed by atoms with Gasteiger partial charge >= 0.3 is 0 Å². The molecule has 0 fully saturated rings. The van der Waals surface area contributed by atoms with Crippen LogP contribution in [0.5, 0.6) is 0 Å². The van der Waals surface area contributed by atoms with E-state index in [-0.39, 0.29) is 0 Å². The van der Waals surface area contributed by atoms with Gasteiger partial charge in [0.25, 0.3) is 0 Å². The van der Waals surface area contributed by atoms with Crippen LogP contribution in [0.2, 0.25) is 0 Å². The highest BCUT2D eigenvalue weighted by Gasteiger charge is 1.96. The summed E-state index contributed by atoms with van der Waals surface area (Å²) in [5, 5.41) is 6.83. The molecule has 0 saturated carbocycles. The Labute approximate surface area is 139 Å². The van der Waals surface area contributed by atoms with E-state index in [2.05, 4.69) is 37.3 Å². The first-order valence-electron chi connectivity index (χ1n) is 9.14. The minimum absolute atomic E-state index is 0.996. The van der Waals surface area contributed by atoms with Crippen LogP contribution >= 0.6 is 0 Å². The lowest BCUT2D eigenvalue weighted by molar-refractivity contribution is 0.582. The zero-order valence-corrected chi connectivity index (χ0v) is 14.9. The zero-order chi connectivity index (χ0) is 16.5. The minimum atomic E-state index is 0.996. The molecule has 0 rings (SSSR count). The van der Waals surface area contributed by atoms with Crippen LogP contribution in [0.4, 0.5) is 0 Å². The first kappa shape index (κ1) is 20.8. The molecule has 0 unspecified atom stereocenters. The maximum Gasteiger partial charge on any atom is 0.0143 e. The van der Waals surface area contributed by atoms with Crippen LogP contribution in [0.15, 0.2) is 37.2 Å². The fourth-order valence-electron chi connectivity index (χ4n) is 2.35. The molecule has 0 heterocycles. The van der Waals surface area contributed by atoms with Crippen molar-refractivity contribution in [2.45, 2.75) is 77.6 Å². The first-order valence-corrected chi connectivity index (χ1v) is 9.14. The molecule has 0 aromatic rings. The van der Waals surface area contributed by atoms with E-state index in [0.29, 0.717) is 0 Å². The van der Waals surface area contributed by atoms with Crippen LogP contribution in [0, 0.1) is 0 Å². The highest BCUT2D eigenvalue weighted by Crippen LogP contribution is 2.06. The summed E-state index contributed by atoms with van der Waals surface area (Å²) in [5.41, 5.74) is 2.32. The van der Waals surface area contributed by atoms with Gasteiger partial charge in [-0.2, -0.15) is 0 Å². The van der Waals surface area contributed by atoms with Gasteiger partial charge in [0, 0.05) is 24.5 Å². The van der Waals surface area contributed by atoms with Crippen LogP contribution < -0.4 is 10.6 Å². The Bertz CT molecular complexity index is 294. The summed E-state index contributed by atoms with van der Waals surface area (Å²) in [5.74, 6) is 0. The molecule has 2 heteroatoms. The van der Waals surface area contributed by atoms with Crippen molar-refractivity contribution in [3.63, 3.8) is 0 Å². The Hall–Kier alpha value is -1.18. The van der Waals surface area contributed by atoms with Crippen LogP contribution in [-0.4, -0.2) is 13.1 Å². The lowest BCUT2D eigenvalue weighted by Crippen LogP contribution is -2.16. The van der Waals surface area contributed by atoms with E-state index in [4.69, 9.17) is 0 Å². The summed E-state index contributed by atoms with van der Waals surface area (Å²) in [6.45, 7) is 16.2. The Kier molecular flexibility index (Phi) is 15.3. The van der Waals surface area contributed by atoms with E-state index in [1.807, 2.05) is 6.08 Å². The van der Waals surface area contributed by atoms with Gasteiger partial charge in [0.15, 0.2) is 0 Å². The van der Waals surface area contributed by atoms with Crippen molar-refractivity contribution in [3.05, 3.63) is 37.2 Å². The van der Waals surface area contributed by atoms with Crippen molar-refractivity contribution in [2.75, 3.05) is 13.1 Å². The molecular formula is C20H38N2. The molecule has 0 spiro atoms. The van der Waals surface area contributed by atoms with E-state index in [9.17, 15) is 0 Å². The van der Waals surface area contributed by atoms with Crippen molar-refractivity contribution in [2.24, 2.45) is 0 Å². The molecule has 0 bridgehead atoms. The third-order valence-electron chi connectivity index (χ3n) is 3.84. The largest absolute Gasteiger partial charge is 0.389 e. The highest BCUT2D eigenvalue weighted by atomic mass is 14.9. The number of hydrogen-bond donors (Lipinski definition) is 2. The predicted molar refractivity (Wildman–Crippen MR) is 101 cm³/mol. The van der Waals surface area contributed by atoms with Gasteiger partial charge in [-0.15, -0.1) is 6.58 Å². The number of nitrogens with one attached hydrogen (secondary N) is 2. The predicted octanol–water partition coefficient (Wildman–Crippen LogP) is 5.69. The van der Waals surface area contributed by atoms with E-state index < -0.39 is 0 Å². The van der Waals surface area contributed by atoms with E-state index >= 15 is 0 Å². The average Bonchev–Trinajstić information content (AvgIpc) is 2.51. The Balaban J connectivity index is 3.29. The first-order chi connectivity index (χ1) is 10.7. The van der Waals surface area contributed by atoms with Crippen molar-refractivity contribution < 1.29 is 0 Å². The van der Waals surface area contributed by atoms with Crippen LogP contribution in [0.3, 0.4) is 0 Å². The van der Waals surface area contributed by atoms with Crippen molar-refractivity contribution in [1.82, 2.24) is 10.6 Å². The average molecular weight is 307 g/mol. The summed E-state index contributed by atoms with van der Waals surface area (Å²) in [7, 11) is 0. The fourth-order valence-corrected chi connectivity index (χ4v) is 2.35. The minimum Gasteiger partial charge on any atom is -0.389 e. The summed E-state index contributed by atoms with van der Waals surface area (Å²) < 4.78 is 0. The SMILES string of the molecule is C=CCCC(=C)NCCCCC(=C)NCCCCCCCC. The molecule has 0 aliphatic rings. The number of unbranched alkanes of at least 4 members (excludes halogenated alkanes) is 6. The molecule has 0 aliphatic heterocycles. The summed E-state index contributed by atoms with van der Waals surface area (Å²) in [4.78, 5) is 0. The molecule has 128 valence electrons. The maximum absolute atomic E-state index is 4.12. The molecule has 0 radical (unpaired) electrons. The summed E-state index contributed by atoms with van der Waals surface area (Å²) in [6.07, 6.45) is 15.5. The molecule has 0 aromatic heterocycles. The fraction of sp³-hybridized carbons (Fsp3) is 0.700. The van der Waals surface area contributed by atoms with Crippen molar-refractivity contribution in [3.8, 4) is 0 Å². The number of rotatable bonds is 17. The standard InChI is InChI=1S/C20H38N2/c1-5-7-9-10-11-13-17-21-20(4)16-12-14-18-22-19(3)15-8-6-2/h6,21-22H,2-5,7-18H2,1H3. The Morgan fingerprint density at radius 2 is 1.32 bits per heavy atom. The molecule has 2 N–H and O–H groups in total. The van der Waals surface area contributed by atoms with Gasteiger partial charge in [-0.05, 0) is 38.5 Å². The lowest BCUT2D eigenvalue weighted by Gasteiger charge is -2.11. The number of hydrogen-bond acceptors (Lipinski definition) is 2. The second-order valence-electron chi connectivity index (χ2n) is 6.11. The summed E-state index contributed by atoms with van der Waals surface area (Å²) >= 11 is 0.